The fourth-order valence-electron chi connectivity index (χ4n) is 1.84. The number of ether oxygens (including phenoxy) is 2. The zero-order chi connectivity index (χ0) is 15.8. The third-order valence-electron chi connectivity index (χ3n) is 2.96. The van der Waals surface area contributed by atoms with Crippen LogP contribution in [0.25, 0.3) is 6.08 Å². The van der Waals surface area contributed by atoms with Crippen molar-refractivity contribution in [2.75, 3.05) is 13.7 Å². The molecule has 0 saturated carbocycles. The van der Waals surface area contributed by atoms with Gasteiger partial charge in [0.05, 0.1) is 18.2 Å². The second kappa shape index (κ2) is 7.78. The van der Waals surface area contributed by atoms with Crippen molar-refractivity contribution in [1.82, 2.24) is 0 Å². The Morgan fingerprint density at radius 1 is 0.955 bits per heavy atom. The highest BCUT2D eigenvalue weighted by atomic mass is 16.5. The SMILES string of the molecule is COC(=O)/C(=C/c1ccccc1)COC(=O)c1ccccc1. The van der Waals surface area contributed by atoms with Crippen molar-refractivity contribution in [1.29, 1.82) is 0 Å². The van der Waals surface area contributed by atoms with E-state index in [1.807, 2.05) is 36.4 Å². The topological polar surface area (TPSA) is 52.6 Å². The molecule has 112 valence electrons. The molecule has 0 saturated heterocycles. The second-order valence-corrected chi connectivity index (χ2v) is 4.51. The van der Waals surface area contributed by atoms with Crippen LogP contribution in [0.3, 0.4) is 0 Å². The zero-order valence-corrected chi connectivity index (χ0v) is 12.2. The lowest BCUT2D eigenvalue weighted by atomic mass is 10.1. The van der Waals surface area contributed by atoms with Gasteiger partial charge in [0.15, 0.2) is 0 Å². The predicted molar refractivity (Wildman–Crippen MR) is 83.2 cm³/mol. The van der Waals surface area contributed by atoms with E-state index in [2.05, 4.69) is 0 Å². The molecule has 0 aliphatic rings. The maximum absolute atomic E-state index is 11.9. The van der Waals surface area contributed by atoms with Crippen molar-refractivity contribution in [2.24, 2.45) is 0 Å². The molecule has 2 rings (SSSR count). The Balaban J connectivity index is 2.10. The van der Waals surface area contributed by atoms with Gasteiger partial charge in [0.1, 0.15) is 6.61 Å². The molecule has 0 aliphatic heterocycles. The first kappa shape index (κ1) is 15.5. The summed E-state index contributed by atoms with van der Waals surface area (Å²) in [6.07, 6.45) is 1.64. The van der Waals surface area contributed by atoms with Crippen LogP contribution in [0.1, 0.15) is 15.9 Å². The Kier molecular flexibility index (Phi) is 5.49. The summed E-state index contributed by atoms with van der Waals surface area (Å²) in [6.45, 7) is -0.144. The molecule has 0 aliphatic carbocycles. The van der Waals surface area contributed by atoms with Crippen LogP contribution in [0.5, 0.6) is 0 Å². The van der Waals surface area contributed by atoms with Gasteiger partial charge in [0.25, 0.3) is 0 Å². The van der Waals surface area contributed by atoms with Gasteiger partial charge in [0.2, 0.25) is 0 Å². The van der Waals surface area contributed by atoms with Gasteiger partial charge in [-0.2, -0.15) is 0 Å². The summed E-state index contributed by atoms with van der Waals surface area (Å²) in [5.74, 6) is -1.01. The number of hydrogen-bond acceptors (Lipinski definition) is 4. The molecule has 0 atom stereocenters. The van der Waals surface area contributed by atoms with Crippen molar-refractivity contribution >= 4 is 18.0 Å². The summed E-state index contributed by atoms with van der Waals surface area (Å²) in [5.41, 5.74) is 1.54. The lowest BCUT2D eigenvalue weighted by molar-refractivity contribution is -0.136. The minimum Gasteiger partial charge on any atom is -0.466 e. The average molecular weight is 296 g/mol. The van der Waals surface area contributed by atoms with Crippen LogP contribution >= 0.6 is 0 Å². The normalized spacial score (nSPS) is 10.9. The maximum Gasteiger partial charge on any atom is 0.338 e. The smallest absolute Gasteiger partial charge is 0.338 e. The first-order valence-electron chi connectivity index (χ1n) is 6.77. The van der Waals surface area contributed by atoms with E-state index < -0.39 is 11.9 Å². The third-order valence-corrected chi connectivity index (χ3v) is 2.96. The van der Waals surface area contributed by atoms with Gasteiger partial charge < -0.3 is 9.47 Å². The summed E-state index contributed by atoms with van der Waals surface area (Å²) in [7, 11) is 1.29. The molecule has 22 heavy (non-hydrogen) atoms. The van der Waals surface area contributed by atoms with Gasteiger partial charge in [-0.05, 0) is 23.8 Å². The molecular formula is C18H16O4. The van der Waals surface area contributed by atoms with Crippen molar-refractivity contribution in [3.63, 3.8) is 0 Å². The highest BCUT2D eigenvalue weighted by Gasteiger charge is 2.14. The van der Waals surface area contributed by atoms with E-state index in [-0.39, 0.29) is 12.2 Å². The molecular weight excluding hydrogens is 280 g/mol. The lowest BCUT2D eigenvalue weighted by Crippen LogP contribution is -2.14. The van der Waals surface area contributed by atoms with Gasteiger partial charge in [-0.15, -0.1) is 0 Å². The molecule has 0 fully saturated rings. The molecule has 0 radical (unpaired) electrons. The highest BCUT2D eigenvalue weighted by Crippen LogP contribution is 2.10. The fourth-order valence-corrected chi connectivity index (χ4v) is 1.84. The summed E-state index contributed by atoms with van der Waals surface area (Å²) in [5, 5.41) is 0. The van der Waals surface area contributed by atoms with E-state index in [1.165, 1.54) is 7.11 Å². The van der Waals surface area contributed by atoms with Gasteiger partial charge >= 0.3 is 11.9 Å². The van der Waals surface area contributed by atoms with Crippen molar-refractivity contribution in [3.05, 3.63) is 77.4 Å². The van der Waals surface area contributed by atoms with Crippen LogP contribution in [0.4, 0.5) is 0 Å². The number of rotatable bonds is 5. The quantitative estimate of drug-likeness (QED) is 0.628. The third kappa shape index (κ3) is 4.31. The number of carbonyl (C=O) groups excluding carboxylic acids is 2. The van der Waals surface area contributed by atoms with Crippen LogP contribution in [0.2, 0.25) is 0 Å². The van der Waals surface area contributed by atoms with Crippen molar-refractivity contribution in [2.45, 2.75) is 0 Å². The monoisotopic (exact) mass is 296 g/mol. The van der Waals surface area contributed by atoms with Crippen molar-refractivity contribution < 1.29 is 19.1 Å². The molecule has 2 aromatic rings. The first-order valence-corrected chi connectivity index (χ1v) is 6.77. The highest BCUT2D eigenvalue weighted by molar-refractivity contribution is 5.95. The average Bonchev–Trinajstić information content (AvgIpc) is 2.59. The maximum atomic E-state index is 11.9. The van der Waals surface area contributed by atoms with E-state index in [4.69, 9.17) is 9.47 Å². The number of esters is 2. The van der Waals surface area contributed by atoms with Crippen LogP contribution in [0.15, 0.2) is 66.2 Å². The predicted octanol–water partition coefficient (Wildman–Crippen LogP) is 3.10. The second-order valence-electron chi connectivity index (χ2n) is 4.51. The molecule has 4 nitrogen and oxygen atoms in total. The van der Waals surface area contributed by atoms with Crippen LogP contribution in [-0.4, -0.2) is 25.7 Å². The molecule has 0 heterocycles. The van der Waals surface area contributed by atoms with Crippen LogP contribution in [0, 0.1) is 0 Å². The molecule has 0 N–H and O–H groups in total. The molecule has 0 amide bonds. The number of benzene rings is 2. The largest absolute Gasteiger partial charge is 0.466 e. The Morgan fingerprint density at radius 2 is 1.55 bits per heavy atom. The van der Waals surface area contributed by atoms with Gasteiger partial charge in [0, 0.05) is 0 Å². The summed E-state index contributed by atoms with van der Waals surface area (Å²) in [6, 6.07) is 17.9. The summed E-state index contributed by atoms with van der Waals surface area (Å²) >= 11 is 0. The Labute approximate surface area is 129 Å². The summed E-state index contributed by atoms with van der Waals surface area (Å²) < 4.78 is 9.90. The molecule has 0 spiro atoms. The Morgan fingerprint density at radius 3 is 2.14 bits per heavy atom. The number of carbonyl (C=O) groups is 2. The fraction of sp³-hybridized carbons (Fsp3) is 0.111. The van der Waals surface area contributed by atoms with E-state index in [9.17, 15) is 9.59 Å². The molecule has 4 heteroatoms. The number of methoxy groups -OCH3 is 1. The molecule has 2 aromatic carbocycles. The number of hydrogen-bond donors (Lipinski definition) is 0. The Hall–Kier alpha value is -2.88. The minimum atomic E-state index is -0.523. The van der Waals surface area contributed by atoms with E-state index in [0.29, 0.717) is 5.56 Å². The molecule has 0 unspecified atom stereocenters. The first-order chi connectivity index (χ1) is 10.7. The van der Waals surface area contributed by atoms with Gasteiger partial charge in [-0.25, -0.2) is 9.59 Å². The van der Waals surface area contributed by atoms with Gasteiger partial charge in [-0.1, -0.05) is 48.5 Å². The van der Waals surface area contributed by atoms with E-state index in [0.717, 1.165) is 5.56 Å². The van der Waals surface area contributed by atoms with Crippen LogP contribution < -0.4 is 0 Å². The van der Waals surface area contributed by atoms with Crippen molar-refractivity contribution in [3.8, 4) is 0 Å². The zero-order valence-electron chi connectivity index (χ0n) is 12.2. The van der Waals surface area contributed by atoms with Gasteiger partial charge in [-0.3, -0.25) is 0 Å². The summed E-state index contributed by atoms with van der Waals surface area (Å²) in [4.78, 5) is 23.7. The van der Waals surface area contributed by atoms with E-state index >= 15 is 0 Å². The minimum absolute atomic E-state index is 0.144. The van der Waals surface area contributed by atoms with E-state index in [1.54, 1.807) is 30.3 Å². The Bertz CT molecular complexity index is 660. The molecule has 0 bridgehead atoms. The lowest BCUT2D eigenvalue weighted by Gasteiger charge is -2.07. The van der Waals surface area contributed by atoms with Crippen LogP contribution in [-0.2, 0) is 14.3 Å². The standard InChI is InChI=1S/C18H16O4/c1-21-17(19)16(12-14-8-4-2-5-9-14)13-22-18(20)15-10-6-3-7-11-15/h2-12H,13H2,1H3/b16-12+. The molecule has 0 aromatic heterocycles.